The zero-order valence-corrected chi connectivity index (χ0v) is 11.3. The molecule has 0 aliphatic heterocycles. The molecule has 1 N–H and O–H groups in total. The fourth-order valence-electron chi connectivity index (χ4n) is 1.87. The van der Waals surface area contributed by atoms with Crippen molar-refractivity contribution in [3.8, 4) is 5.75 Å². The van der Waals surface area contributed by atoms with Gasteiger partial charge in [-0.05, 0) is 29.7 Å². The van der Waals surface area contributed by atoms with E-state index < -0.39 is 0 Å². The Labute approximate surface area is 114 Å². The lowest BCUT2D eigenvalue weighted by molar-refractivity contribution is 0.0867. The summed E-state index contributed by atoms with van der Waals surface area (Å²) in [5, 5.41) is 0. The summed E-state index contributed by atoms with van der Waals surface area (Å²) in [6.45, 7) is 3.34. The average molecular weight is 257 g/mol. The quantitative estimate of drug-likeness (QED) is 0.806. The maximum atomic E-state index is 5.83. The molecule has 19 heavy (non-hydrogen) atoms. The summed E-state index contributed by atoms with van der Waals surface area (Å²) < 4.78 is 5.83. The molecule has 2 aromatic rings. The van der Waals surface area contributed by atoms with Gasteiger partial charge in [0.2, 0.25) is 0 Å². The zero-order valence-electron chi connectivity index (χ0n) is 11.3. The first-order valence-corrected chi connectivity index (χ1v) is 6.31. The second-order valence-electron chi connectivity index (χ2n) is 4.40. The van der Waals surface area contributed by atoms with Crippen LogP contribution in [0.3, 0.4) is 0 Å². The molecule has 100 valence electrons. The van der Waals surface area contributed by atoms with Crippen LogP contribution in [-0.2, 0) is 18.0 Å². The van der Waals surface area contributed by atoms with Crippen molar-refractivity contribution in [1.82, 2.24) is 5.48 Å². The summed E-state index contributed by atoms with van der Waals surface area (Å²) >= 11 is 0. The van der Waals surface area contributed by atoms with E-state index in [2.05, 4.69) is 30.6 Å². The van der Waals surface area contributed by atoms with E-state index in [1.807, 2.05) is 30.3 Å². The number of benzene rings is 2. The van der Waals surface area contributed by atoms with Crippen molar-refractivity contribution in [2.24, 2.45) is 0 Å². The van der Waals surface area contributed by atoms with Crippen LogP contribution < -0.4 is 10.2 Å². The Balaban J connectivity index is 1.97. The lowest BCUT2D eigenvalue weighted by atomic mass is 10.1. The number of hydroxylamine groups is 1. The Bertz CT molecular complexity index is 511. The third kappa shape index (κ3) is 4.09. The molecule has 0 amide bonds. The molecule has 0 aliphatic carbocycles. The van der Waals surface area contributed by atoms with Crippen LogP contribution in [0.1, 0.15) is 16.7 Å². The molecule has 0 spiro atoms. The molecule has 0 unspecified atom stereocenters. The smallest absolute Gasteiger partial charge is 0.122 e. The third-order valence-corrected chi connectivity index (χ3v) is 2.90. The molecule has 0 aliphatic rings. The summed E-state index contributed by atoms with van der Waals surface area (Å²) in [5.41, 5.74) is 6.30. The monoisotopic (exact) mass is 257 g/mol. The molecule has 0 aromatic heterocycles. The molecule has 0 fully saturated rings. The fraction of sp³-hybridized carbons (Fsp3) is 0.250. The Morgan fingerprint density at radius 2 is 1.79 bits per heavy atom. The molecule has 0 heterocycles. The van der Waals surface area contributed by atoms with E-state index in [0.717, 1.165) is 11.3 Å². The van der Waals surface area contributed by atoms with Gasteiger partial charge in [-0.1, -0.05) is 42.5 Å². The molecule has 0 saturated heterocycles. The van der Waals surface area contributed by atoms with Gasteiger partial charge in [0.1, 0.15) is 12.4 Å². The van der Waals surface area contributed by atoms with Crippen LogP contribution in [0.2, 0.25) is 0 Å². The van der Waals surface area contributed by atoms with Gasteiger partial charge in [0.15, 0.2) is 0 Å². The highest BCUT2D eigenvalue weighted by atomic mass is 16.6. The second kappa shape index (κ2) is 6.92. The van der Waals surface area contributed by atoms with E-state index in [4.69, 9.17) is 9.57 Å². The Morgan fingerprint density at radius 3 is 2.47 bits per heavy atom. The van der Waals surface area contributed by atoms with Gasteiger partial charge in [0.05, 0.1) is 7.11 Å². The summed E-state index contributed by atoms with van der Waals surface area (Å²) in [6, 6.07) is 16.3. The van der Waals surface area contributed by atoms with E-state index in [1.165, 1.54) is 11.1 Å². The van der Waals surface area contributed by atoms with E-state index in [9.17, 15) is 0 Å². The molecule has 0 bridgehead atoms. The Hall–Kier alpha value is -1.84. The highest BCUT2D eigenvalue weighted by Crippen LogP contribution is 2.20. The highest BCUT2D eigenvalue weighted by molar-refractivity contribution is 5.36. The van der Waals surface area contributed by atoms with Crippen LogP contribution in [0.25, 0.3) is 0 Å². The van der Waals surface area contributed by atoms with Gasteiger partial charge in [-0.25, -0.2) is 0 Å². The molecular formula is C16H19NO2. The van der Waals surface area contributed by atoms with Crippen molar-refractivity contribution in [2.75, 3.05) is 7.11 Å². The van der Waals surface area contributed by atoms with Gasteiger partial charge < -0.3 is 9.57 Å². The Morgan fingerprint density at radius 1 is 1.00 bits per heavy atom. The van der Waals surface area contributed by atoms with Gasteiger partial charge in [-0.3, -0.25) is 0 Å². The Kier molecular flexibility index (Phi) is 4.95. The van der Waals surface area contributed by atoms with Gasteiger partial charge >= 0.3 is 0 Å². The van der Waals surface area contributed by atoms with E-state index in [1.54, 1.807) is 7.11 Å². The largest absolute Gasteiger partial charge is 0.489 e. The van der Waals surface area contributed by atoms with Gasteiger partial charge in [0, 0.05) is 6.54 Å². The van der Waals surface area contributed by atoms with Crippen LogP contribution in [0.4, 0.5) is 0 Å². The summed E-state index contributed by atoms with van der Waals surface area (Å²) in [5.74, 6) is 0.921. The van der Waals surface area contributed by atoms with Crippen LogP contribution in [0, 0.1) is 6.92 Å². The van der Waals surface area contributed by atoms with Crippen molar-refractivity contribution >= 4 is 0 Å². The number of nitrogens with one attached hydrogen (secondary N) is 1. The normalized spacial score (nSPS) is 10.4. The van der Waals surface area contributed by atoms with Crippen molar-refractivity contribution in [3.05, 3.63) is 65.2 Å². The topological polar surface area (TPSA) is 30.5 Å². The lowest BCUT2D eigenvalue weighted by Crippen LogP contribution is -2.10. The van der Waals surface area contributed by atoms with E-state index in [0.29, 0.717) is 13.2 Å². The van der Waals surface area contributed by atoms with E-state index in [-0.39, 0.29) is 0 Å². The van der Waals surface area contributed by atoms with Crippen LogP contribution >= 0.6 is 0 Å². The molecule has 0 atom stereocenters. The predicted octanol–water partition coefficient (Wildman–Crippen LogP) is 3.23. The maximum absolute atomic E-state index is 5.83. The minimum Gasteiger partial charge on any atom is -0.489 e. The molecule has 0 saturated carbocycles. The number of ether oxygens (including phenoxy) is 1. The zero-order chi connectivity index (χ0) is 13.5. The molecule has 3 heteroatoms. The van der Waals surface area contributed by atoms with E-state index >= 15 is 0 Å². The number of aryl methyl sites for hydroxylation is 1. The third-order valence-electron chi connectivity index (χ3n) is 2.90. The van der Waals surface area contributed by atoms with Crippen molar-refractivity contribution in [1.29, 1.82) is 0 Å². The molecule has 3 nitrogen and oxygen atoms in total. The maximum Gasteiger partial charge on any atom is 0.122 e. The van der Waals surface area contributed by atoms with Crippen molar-refractivity contribution < 1.29 is 9.57 Å². The van der Waals surface area contributed by atoms with Crippen LogP contribution in [0.5, 0.6) is 5.75 Å². The second-order valence-corrected chi connectivity index (χ2v) is 4.40. The van der Waals surface area contributed by atoms with Gasteiger partial charge in [0.25, 0.3) is 0 Å². The standard InChI is InChI=1S/C16H19NO2/c1-13-10-15(11-17-18-2)8-9-16(13)19-12-14-6-4-3-5-7-14/h3-10,17H,11-12H2,1-2H3. The van der Waals surface area contributed by atoms with Gasteiger partial charge in [-0.15, -0.1) is 0 Å². The summed E-state index contributed by atoms with van der Waals surface area (Å²) in [4.78, 5) is 4.84. The molecule has 2 rings (SSSR count). The number of rotatable bonds is 6. The van der Waals surface area contributed by atoms with Crippen LogP contribution in [0.15, 0.2) is 48.5 Å². The molecular weight excluding hydrogens is 238 g/mol. The summed E-state index contributed by atoms with van der Waals surface area (Å²) in [6.07, 6.45) is 0. The average Bonchev–Trinajstić information content (AvgIpc) is 2.45. The van der Waals surface area contributed by atoms with Crippen molar-refractivity contribution in [3.63, 3.8) is 0 Å². The first-order valence-electron chi connectivity index (χ1n) is 6.31. The van der Waals surface area contributed by atoms with Crippen molar-refractivity contribution in [2.45, 2.75) is 20.1 Å². The van der Waals surface area contributed by atoms with Crippen LogP contribution in [-0.4, -0.2) is 7.11 Å². The highest BCUT2D eigenvalue weighted by Gasteiger charge is 2.02. The number of hydrogen-bond acceptors (Lipinski definition) is 3. The number of hydrogen-bond donors (Lipinski definition) is 1. The first kappa shape index (κ1) is 13.6. The minimum atomic E-state index is 0.595. The SMILES string of the molecule is CONCc1ccc(OCc2ccccc2)c(C)c1. The molecule has 2 aromatic carbocycles. The molecule has 0 radical (unpaired) electrons. The first-order chi connectivity index (χ1) is 9.29. The minimum absolute atomic E-state index is 0.595. The summed E-state index contributed by atoms with van der Waals surface area (Å²) in [7, 11) is 1.62. The fourth-order valence-corrected chi connectivity index (χ4v) is 1.87. The van der Waals surface area contributed by atoms with Gasteiger partial charge in [-0.2, -0.15) is 5.48 Å². The lowest BCUT2D eigenvalue weighted by Gasteiger charge is -2.11. The predicted molar refractivity (Wildman–Crippen MR) is 75.8 cm³/mol.